The van der Waals surface area contributed by atoms with Gasteiger partial charge in [-0.05, 0) is 31.2 Å². The maximum atomic E-state index is 11.9. The highest BCUT2D eigenvalue weighted by Gasteiger charge is 2.13. The Morgan fingerprint density at radius 3 is 2.35 bits per heavy atom. The van der Waals surface area contributed by atoms with Gasteiger partial charge in [-0.1, -0.05) is 0 Å². The van der Waals surface area contributed by atoms with Crippen LogP contribution in [0, 0.1) is 0 Å². The van der Waals surface area contributed by atoms with E-state index in [0.717, 1.165) is 10.6 Å². The minimum atomic E-state index is -3.30. The molecule has 0 saturated carbocycles. The molecule has 7 heteroatoms. The summed E-state index contributed by atoms with van der Waals surface area (Å²) >= 11 is 0. The second kappa shape index (κ2) is 6.71. The molecule has 0 aromatic heterocycles. The zero-order valence-corrected chi connectivity index (χ0v) is 12.9. The number of hydrogen-bond acceptors (Lipinski definition) is 4. The van der Waals surface area contributed by atoms with Gasteiger partial charge in [0, 0.05) is 25.8 Å². The Bertz CT molecular complexity index is 554. The first-order valence-electron chi connectivity index (χ1n) is 6.09. The number of carbonyl (C=O) groups excluding carboxylic acids is 1. The number of amides is 1. The van der Waals surface area contributed by atoms with Crippen LogP contribution in [0.1, 0.15) is 17.3 Å². The van der Waals surface area contributed by atoms with E-state index in [1.807, 2.05) is 6.92 Å². The van der Waals surface area contributed by atoms with Gasteiger partial charge in [-0.3, -0.25) is 9.10 Å². The number of carbonyl (C=O) groups is 1. The smallest absolute Gasteiger partial charge is 0.251 e. The van der Waals surface area contributed by atoms with Gasteiger partial charge < -0.3 is 10.1 Å². The summed E-state index contributed by atoms with van der Waals surface area (Å²) in [4.78, 5) is 11.9. The van der Waals surface area contributed by atoms with E-state index in [-0.39, 0.29) is 11.9 Å². The number of nitrogens with one attached hydrogen (secondary N) is 1. The summed E-state index contributed by atoms with van der Waals surface area (Å²) in [6.45, 7) is 2.27. The van der Waals surface area contributed by atoms with Crippen molar-refractivity contribution in [1.29, 1.82) is 0 Å². The first kappa shape index (κ1) is 16.5. The summed E-state index contributed by atoms with van der Waals surface area (Å²) in [6, 6.07) is 6.27. The Hall–Kier alpha value is -1.60. The Morgan fingerprint density at radius 2 is 1.90 bits per heavy atom. The number of benzene rings is 1. The van der Waals surface area contributed by atoms with Crippen molar-refractivity contribution in [1.82, 2.24) is 5.32 Å². The van der Waals surface area contributed by atoms with Crippen LogP contribution in [-0.4, -0.2) is 47.4 Å². The topological polar surface area (TPSA) is 75.7 Å². The van der Waals surface area contributed by atoms with Gasteiger partial charge in [0.2, 0.25) is 10.0 Å². The van der Waals surface area contributed by atoms with E-state index in [1.54, 1.807) is 31.4 Å². The third-order valence-corrected chi connectivity index (χ3v) is 3.99. The van der Waals surface area contributed by atoms with E-state index in [0.29, 0.717) is 17.9 Å². The van der Waals surface area contributed by atoms with Gasteiger partial charge in [-0.2, -0.15) is 0 Å². The van der Waals surface area contributed by atoms with Gasteiger partial charge in [0.1, 0.15) is 0 Å². The molecular formula is C13H20N2O4S. The highest BCUT2D eigenvalue weighted by Crippen LogP contribution is 2.16. The molecule has 1 amide bonds. The summed E-state index contributed by atoms with van der Waals surface area (Å²) < 4.78 is 28.9. The van der Waals surface area contributed by atoms with Gasteiger partial charge in [-0.15, -0.1) is 0 Å². The predicted molar refractivity (Wildman–Crippen MR) is 78.5 cm³/mol. The number of nitrogens with zero attached hydrogens (tertiary/aromatic N) is 1. The van der Waals surface area contributed by atoms with Crippen LogP contribution in [0.2, 0.25) is 0 Å². The molecule has 112 valence electrons. The average Bonchev–Trinajstić information content (AvgIpc) is 2.37. The van der Waals surface area contributed by atoms with Crippen LogP contribution < -0.4 is 9.62 Å². The highest BCUT2D eigenvalue weighted by molar-refractivity contribution is 7.92. The van der Waals surface area contributed by atoms with Crippen LogP contribution in [0.4, 0.5) is 5.69 Å². The fourth-order valence-corrected chi connectivity index (χ4v) is 2.12. The molecule has 0 aliphatic carbocycles. The maximum Gasteiger partial charge on any atom is 0.251 e. The van der Waals surface area contributed by atoms with Gasteiger partial charge in [0.25, 0.3) is 5.91 Å². The van der Waals surface area contributed by atoms with Crippen LogP contribution in [0.3, 0.4) is 0 Å². The second-order valence-electron chi connectivity index (χ2n) is 4.61. The van der Waals surface area contributed by atoms with Gasteiger partial charge in [0.15, 0.2) is 0 Å². The van der Waals surface area contributed by atoms with Gasteiger partial charge >= 0.3 is 0 Å². The van der Waals surface area contributed by atoms with Crippen LogP contribution in [0.5, 0.6) is 0 Å². The normalized spacial score (nSPS) is 12.8. The van der Waals surface area contributed by atoms with E-state index >= 15 is 0 Å². The maximum absolute atomic E-state index is 11.9. The van der Waals surface area contributed by atoms with Crippen molar-refractivity contribution in [2.75, 3.05) is 31.3 Å². The number of rotatable bonds is 6. The zero-order chi connectivity index (χ0) is 15.3. The number of anilines is 1. The minimum absolute atomic E-state index is 0.0918. The molecule has 0 radical (unpaired) electrons. The van der Waals surface area contributed by atoms with Crippen LogP contribution in [-0.2, 0) is 14.8 Å². The van der Waals surface area contributed by atoms with Crippen molar-refractivity contribution >= 4 is 21.6 Å². The molecule has 0 spiro atoms. The zero-order valence-electron chi connectivity index (χ0n) is 12.1. The monoisotopic (exact) mass is 300 g/mol. The average molecular weight is 300 g/mol. The molecule has 1 atom stereocenters. The van der Waals surface area contributed by atoms with Crippen molar-refractivity contribution in [3.8, 4) is 0 Å². The van der Waals surface area contributed by atoms with Crippen molar-refractivity contribution in [2.45, 2.75) is 13.0 Å². The first-order chi connectivity index (χ1) is 9.25. The van der Waals surface area contributed by atoms with Crippen LogP contribution in [0.25, 0.3) is 0 Å². The Kier molecular flexibility index (Phi) is 5.52. The molecule has 0 fully saturated rings. The molecule has 1 N–H and O–H groups in total. The Balaban J connectivity index is 2.79. The predicted octanol–water partition coefficient (Wildman–Crippen LogP) is 0.847. The minimum Gasteiger partial charge on any atom is -0.383 e. The number of sulfonamides is 1. The third kappa shape index (κ3) is 4.50. The van der Waals surface area contributed by atoms with Crippen LogP contribution in [0.15, 0.2) is 24.3 Å². The molecule has 0 saturated heterocycles. The summed E-state index contributed by atoms with van der Waals surface area (Å²) in [6.07, 6.45) is 1.13. The van der Waals surface area contributed by atoms with Crippen molar-refractivity contribution in [2.24, 2.45) is 0 Å². The van der Waals surface area contributed by atoms with E-state index in [2.05, 4.69) is 5.32 Å². The number of ether oxygens (including phenoxy) is 1. The number of methoxy groups -OCH3 is 1. The number of hydrogen-bond donors (Lipinski definition) is 1. The quantitative estimate of drug-likeness (QED) is 0.845. The van der Waals surface area contributed by atoms with Gasteiger partial charge in [-0.25, -0.2) is 8.42 Å². The van der Waals surface area contributed by atoms with E-state index in [1.165, 1.54) is 7.05 Å². The summed E-state index contributed by atoms with van der Waals surface area (Å²) in [5.74, 6) is -0.219. The molecule has 0 aliphatic heterocycles. The molecule has 0 unspecified atom stereocenters. The molecule has 6 nitrogen and oxygen atoms in total. The van der Waals surface area contributed by atoms with Crippen molar-refractivity contribution < 1.29 is 17.9 Å². The van der Waals surface area contributed by atoms with Crippen molar-refractivity contribution in [3.63, 3.8) is 0 Å². The largest absolute Gasteiger partial charge is 0.383 e. The second-order valence-corrected chi connectivity index (χ2v) is 6.62. The lowest BCUT2D eigenvalue weighted by Gasteiger charge is -2.17. The van der Waals surface area contributed by atoms with E-state index in [9.17, 15) is 13.2 Å². The van der Waals surface area contributed by atoms with Crippen LogP contribution >= 0.6 is 0 Å². The first-order valence-corrected chi connectivity index (χ1v) is 7.94. The lowest BCUT2D eigenvalue weighted by atomic mass is 10.2. The standard InChI is InChI=1S/C13H20N2O4S/c1-10(9-19-3)14-13(16)11-5-7-12(8-6-11)15(2)20(4,17)18/h5-8,10H,9H2,1-4H3,(H,14,16)/t10-/m0/s1. The van der Waals surface area contributed by atoms with E-state index < -0.39 is 10.0 Å². The molecular weight excluding hydrogens is 280 g/mol. The third-order valence-electron chi connectivity index (χ3n) is 2.78. The molecule has 0 heterocycles. The molecule has 1 aromatic rings. The Labute approximate surface area is 119 Å². The fraction of sp³-hybridized carbons (Fsp3) is 0.462. The molecule has 0 aliphatic rings. The molecule has 1 rings (SSSR count). The molecule has 0 bridgehead atoms. The summed E-state index contributed by atoms with van der Waals surface area (Å²) in [5.41, 5.74) is 0.979. The fourth-order valence-electron chi connectivity index (χ4n) is 1.61. The highest BCUT2D eigenvalue weighted by atomic mass is 32.2. The summed E-state index contributed by atoms with van der Waals surface area (Å²) in [5, 5.41) is 2.78. The van der Waals surface area contributed by atoms with Crippen molar-refractivity contribution in [3.05, 3.63) is 29.8 Å². The lowest BCUT2D eigenvalue weighted by molar-refractivity contribution is 0.0905. The van der Waals surface area contributed by atoms with Gasteiger partial charge in [0.05, 0.1) is 18.6 Å². The Morgan fingerprint density at radius 1 is 1.35 bits per heavy atom. The molecule has 1 aromatic carbocycles. The SMILES string of the molecule is COC[C@H](C)NC(=O)c1ccc(N(C)S(C)(=O)=O)cc1. The summed E-state index contributed by atoms with van der Waals surface area (Å²) in [7, 11) is -0.268. The van der Waals surface area contributed by atoms with E-state index in [4.69, 9.17) is 4.74 Å². The molecule has 20 heavy (non-hydrogen) atoms. The lowest BCUT2D eigenvalue weighted by Crippen LogP contribution is -2.35.